The van der Waals surface area contributed by atoms with Crippen molar-refractivity contribution in [2.45, 2.75) is 26.0 Å². The topological polar surface area (TPSA) is 89.2 Å². The van der Waals surface area contributed by atoms with Gasteiger partial charge in [-0.15, -0.1) is 0 Å². The van der Waals surface area contributed by atoms with E-state index in [9.17, 15) is 4.79 Å². The van der Waals surface area contributed by atoms with E-state index in [-0.39, 0.29) is 5.91 Å². The summed E-state index contributed by atoms with van der Waals surface area (Å²) >= 11 is 0. The lowest BCUT2D eigenvalue weighted by molar-refractivity contribution is -0.122. The fraction of sp³-hybridized carbons (Fsp3) is 0.389. The van der Waals surface area contributed by atoms with E-state index in [1.807, 2.05) is 0 Å². The number of benzene rings is 1. The average Bonchev–Trinajstić information content (AvgIpc) is 3.28. The van der Waals surface area contributed by atoms with E-state index in [0.717, 1.165) is 19.6 Å². The molecule has 130 valence electrons. The standard InChI is InChI=1S/C18H20N4O3/c1-13(25-16-5-3-2-4-15(16)10-19)18(23)21-17-6-8-20-22(17)11-14-7-9-24-12-14/h2-6,8,13-14H,7,9,11-12H2,1H3,(H,21,23). The zero-order chi connectivity index (χ0) is 17.6. The highest BCUT2D eigenvalue weighted by Gasteiger charge is 2.21. The normalized spacial score (nSPS) is 17.7. The second-order valence-corrected chi connectivity index (χ2v) is 5.99. The monoisotopic (exact) mass is 340 g/mol. The lowest BCUT2D eigenvalue weighted by Gasteiger charge is -2.17. The molecule has 0 radical (unpaired) electrons. The first-order chi connectivity index (χ1) is 12.2. The molecule has 1 amide bonds. The number of nitrogens with one attached hydrogen (secondary N) is 1. The molecule has 0 bridgehead atoms. The zero-order valence-corrected chi connectivity index (χ0v) is 14.0. The van der Waals surface area contributed by atoms with Gasteiger partial charge in [0.2, 0.25) is 0 Å². The fourth-order valence-corrected chi connectivity index (χ4v) is 2.69. The Kier molecular flexibility index (Phi) is 5.31. The van der Waals surface area contributed by atoms with Crippen LogP contribution in [0.25, 0.3) is 0 Å². The van der Waals surface area contributed by atoms with Gasteiger partial charge in [-0.3, -0.25) is 4.79 Å². The smallest absolute Gasteiger partial charge is 0.266 e. The molecule has 7 heteroatoms. The Bertz CT molecular complexity index is 775. The van der Waals surface area contributed by atoms with Gasteiger partial charge < -0.3 is 14.8 Å². The molecule has 3 rings (SSSR count). The van der Waals surface area contributed by atoms with Crippen LogP contribution in [0.1, 0.15) is 18.9 Å². The third-order valence-electron chi connectivity index (χ3n) is 4.10. The number of rotatable bonds is 6. The summed E-state index contributed by atoms with van der Waals surface area (Å²) in [4.78, 5) is 12.4. The van der Waals surface area contributed by atoms with Gasteiger partial charge in [0, 0.05) is 25.1 Å². The Balaban J connectivity index is 1.62. The van der Waals surface area contributed by atoms with Crippen LogP contribution in [0.15, 0.2) is 36.5 Å². The predicted molar refractivity (Wildman–Crippen MR) is 91.0 cm³/mol. The average molecular weight is 340 g/mol. The van der Waals surface area contributed by atoms with Crippen molar-refractivity contribution in [2.75, 3.05) is 18.5 Å². The predicted octanol–water partition coefficient (Wildman–Crippen LogP) is 2.20. The molecule has 1 fully saturated rings. The minimum absolute atomic E-state index is 0.294. The van der Waals surface area contributed by atoms with Crippen LogP contribution in [0.5, 0.6) is 5.75 Å². The Morgan fingerprint density at radius 2 is 2.36 bits per heavy atom. The second kappa shape index (κ2) is 7.81. The molecule has 2 atom stereocenters. The Morgan fingerprint density at radius 1 is 1.52 bits per heavy atom. The van der Waals surface area contributed by atoms with E-state index in [1.54, 1.807) is 48.1 Å². The van der Waals surface area contributed by atoms with Crippen molar-refractivity contribution in [3.8, 4) is 11.8 Å². The van der Waals surface area contributed by atoms with Crippen LogP contribution in [-0.2, 0) is 16.1 Å². The van der Waals surface area contributed by atoms with Crippen LogP contribution < -0.4 is 10.1 Å². The van der Waals surface area contributed by atoms with Crippen molar-refractivity contribution in [1.29, 1.82) is 5.26 Å². The van der Waals surface area contributed by atoms with Gasteiger partial charge >= 0.3 is 0 Å². The first kappa shape index (κ1) is 17.0. The number of amides is 1. The van der Waals surface area contributed by atoms with Crippen molar-refractivity contribution >= 4 is 11.7 Å². The number of nitrogens with zero attached hydrogens (tertiary/aromatic N) is 3. The maximum Gasteiger partial charge on any atom is 0.266 e. The minimum atomic E-state index is -0.743. The molecule has 2 aromatic rings. The van der Waals surface area contributed by atoms with Crippen LogP contribution in [0.3, 0.4) is 0 Å². The molecule has 1 aromatic carbocycles. The molecule has 2 unspecified atom stereocenters. The lowest BCUT2D eigenvalue weighted by Crippen LogP contribution is -2.31. The highest BCUT2D eigenvalue weighted by atomic mass is 16.5. The third-order valence-corrected chi connectivity index (χ3v) is 4.10. The summed E-state index contributed by atoms with van der Waals surface area (Å²) < 4.78 is 12.8. The van der Waals surface area contributed by atoms with Gasteiger partial charge in [-0.25, -0.2) is 4.68 Å². The lowest BCUT2D eigenvalue weighted by atomic mass is 10.1. The van der Waals surface area contributed by atoms with Gasteiger partial charge in [-0.2, -0.15) is 10.4 Å². The molecule has 0 spiro atoms. The van der Waals surface area contributed by atoms with E-state index in [1.165, 1.54) is 0 Å². The molecule has 1 aromatic heterocycles. The van der Waals surface area contributed by atoms with E-state index >= 15 is 0 Å². The maximum absolute atomic E-state index is 12.4. The van der Waals surface area contributed by atoms with Crippen molar-refractivity contribution in [2.24, 2.45) is 5.92 Å². The van der Waals surface area contributed by atoms with Crippen LogP contribution >= 0.6 is 0 Å². The van der Waals surface area contributed by atoms with Crippen molar-refractivity contribution < 1.29 is 14.3 Å². The number of ether oxygens (including phenoxy) is 2. The van der Waals surface area contributed by atoms with Gasteiger partial charge in [-0.1, -0.05) is 12.1 Å². The first-order valence-corrected chi connectivity index (χ1v) is 8.23. The van der Waals surface area contributed by atoms with Gasteiger partial charge in [0.15, 0.2) is 6.10 Å². The number of carbonyl (C=O) groups is 1. The number of hydrogen-bond acceptors (Lipinski definition) is 5. The molecular weight excluding hydrogens is 320 g/mol. The van der Waals surface area contributed by atoms with Crippen molar-refractivity contribution in [3.05, 3.63) is 42.1 Å². The fourth-order valence-electron chi connectivity index (χ4n) is 2.69. The summed E-state index contributed by atoms with van der Waals surface area (Å²) in [6, 6.07) is 10.6. The van der Waals surface area contributed by atoms with Gasteiger partial charge in [-0.05, 0) is 25.5 Å². The van der Waals surface area contributed by atoms with Crippen LogP contribution in [0, 0.1) is 17.2 Å². The van der Waals surface area contributed by atoms with Crippen LogP contribution in [-0.4, -0.2) is 35.0 Å². The largest absolute Gasteiger partial charge is 0.480 e. The number of para-hydroxylation sites is 1. The highest BCUT2D eigenvalue weighted by Crippen LogP contribution is 2.20. The zero-order valence-electron chi connectivity index (χ0n) is 14.0. The molecule has 7 nitrogen and oxygen atoms in total. The van der Waals surface area contributed by atoms with Crippen molar-refractivity contribution in [1.82, 2.24) is 9.78 Å². The molecule has 0 aliphatic carbocycles. The summed E-state index contributed by atoms with van der Waals surface area (Å²) in [5.41, 5.74) is 0.397. The van der Waals surface area contributed by atoms with E-state index < -0.39 is 6.10 Å². The Morgan fingerprint density at radius 3 is 3.12 bits per heavy atom. The number of carbonyl (C=O) groups excluding carboxylic acids is 1. The number of aromatic nitrogens is 2. The summed E-state index contributed by atoms with van der Waals surface area (Å²) in [7, 11) is 0. The van der Waals surface area contributed by atoms with Gasteiger partial charge in [0.05, 0.1) is 18.4 Å². The van der Waals surface area contributed by atoms with Crippen LogP contribution in [0.4, 0.5) is 5.82 Å². The number of hydrogen-bond donors (Lipinski definition) is 1. The molecule has 1 aliphatic rings. The van der Waals surface area contributed by atoms with Gasteiger partial charge in [0.1, 0.15) is 17.6 Å². The highest BCUT2D eigenvalue weighted by molar-refractivity contribution is 5.93. The SMILES string of the molecule is CC(Oc1ccccc1C#N)C(=O)Nc1ccnn1CC1CCOC1. The Hall–Kier alpha value is -2.85. The second-order valence-electron chi connectivity index (χ2n) is 5.99. The van der Waals surface area contributed by atoms with Gasteiger partial charge in [0.25, 0.3) is 5.91 Å². The summed E-state index contributed by atoms with van der Waals surface area (Å²) in [5, 5.41) is 16.2. The van der Waals surface area contributed by atoms with E-state index in [4.69, 9.17) is 14.7 Å². The van der Waals surface area contributed by atoms with E-state index in [2.05, 4.69) is 16.5 Å². The Labute approximate surface area is 146 Å². The molecule has 1 aliphatic heterocycles. The molecule has 1 N–H and O–H groups in total. The first-order valence-electron chi connectivity index (χ1n) is 8.23. The molecular formula is C18H20N4O3. The quantitative estimate of drug-likeness (QED) is 0.871. The van der Waals surface area contributed by atoms with Crippen molar-refractivity contribution in [3.63, 3.8) is 0 Å². The summed E-state index contributed by atoms with van der Waals surface area (Å²) in [6.45, 7) is 3.85. The third kappa shape index (κ3) is 4.17. The number of anilines is 1. The molecule has 0 saturated carbocycles. The van der Waals surface area contributed by atoms with E-state index in [0.29, 0.717) is 29.6 Å². The maximum atomic E-state index is 12.4. The molecule has 1 saturated heterocycles. The molecule has 2 heterocycles. The minimum Gasteiger partial charge on any atom is -0.480 e. The summed E-state index contributed by atoms with van der Waals surface area (Å²) in [6.07, 6.45) is 1.91. The molecule has 25 heavy (non-hydrogen) atoms. The number of nitriles is 1. The van der Waals surface area contributed by atoms with Crippen LogP contribution in [0.2, 0.25) is 0 Å². The summed E-state index contributed by atoms with van der Waals surface area (Å²) in [5.74, 6) is 1.13.